The maximum atomic E-state index is 12.1. The molecule has 1 aromatic heterocycles. The Kier molecular flexibility index (Phi) is 4.40. The normalized spacial score (nSPS) is 25.3. The van der Waals surface area contributed by atoms with Gasteiger partial charge in [-0.1, -0.05) is 6.07 Å². The van der Waals surface area contributed by atoms with E-state index in [4.69, 9.17) is 4.74 Å². The lowest BCUT2D eigenvalue weighted by Gasteiger charge is -2.21. The smallest absolute Gasteiger partial charge is 0.239 e. The second kappa shape index (κ2) is 6.44. The third kappa shape index (κ3) is 3.36. The van der Waals surface area contributed by atoms with Crippen LogP contribution in [0.2, 0.25) is 0 Å². The van der Waals surface area contributed by atoms with Crippen molar-refractivity contribution in [2.24, 2.45) is 0 Å². The maximum Gasteiger partial charge on any atom is 0.239 e. The summed E-state index contributed by atoms with van der Waals surface area (Å²) in [6, 6.07) is 3.74. The molecule has 1 aromatic rings. The van der Waals surface area contributed by atoms with E-state index >= 15 is 0 Å². The van der Waals surface area contributed by atoms with Crippen molar-refractivity contribution in [3.05, 3.63) is 30.1 Å². The highest BCUT2D eigenvalue weighted by molar-refractivity contribution is 8.00. The number of amides is 2. The molecule has 0 aromatic carbocycles. The number of thioether (sulfide) groups is 1. The molecule has 0 radical (unpaired) electrons. The molecule has 1 N–H and O–H groups in total. The second-order valence-electron chi connectivity index (χ2n) is 5.11. The van der Waals surface area contributed by atoms with Crippen molar-refractivity contribution in [1.82, 2.24) is 15.2 Å². The molecule has 3 rings (SSSR count). The summed E-state index contributed by atoms with van der Waals surface area (Å²) in [6.45, 7) is 0.741. The van der Waals surface area contributed by atoms with Gasteiger partial charge in [-0.25, -0.2) is 0 Å². The summed E-state index contributed by atoms with van der Waals surface area (Å²) in [7, 11) is 0. The average molecular weight is 307 g/mol. The molecule has 21 heavy (non-hydrogen) atoms. The fourth-order valence-corrected chi connectivity index (χ4v) is 3.48. The molecular weight excluding hydrogens is 290 g/mol. The Morgan fingerprint density at radius 1 is 1.57 bits per heavy atom. The number of nitrogens with one attached hydrogen (secondary N) is 1. The molecule has 0 saturated carbocycles. The molecule has 0 aliphatic carbocycles. The third-order valence-electron chi connectivity index (χ3n) is 3.61. The van der Waals surface area contributed by atoms with Crippen LogP contribution in [0.15, 0.2) is 24.5 Å². The SMILES string of the molecule is O=C(CN1CSCC1=O)N[C@H]1CCO[C@@H]1c1cccnc1. The number of hydrogen-bond acceptors (Lipinski definition) is 5. The van der Waals surface area contributed by atoms with Crippen LogP contribution in [-0.2, 0) is 14.3 Å². The van der Waals surface area contributed by atoms with Crippen LogP contribution >= 0.6 is 11.8 Å². The summed E-state index contributed by atoms with van der Waals surface area (Å²) in [5.74, 6) is 0.967. The van der Waals surface area contributed by atoms with Gasteiger partial charge in [-0.05, 0) is 12.5 Å². The Bertz CT molecular complexity index is 525. The molecule has 2 fully saturated rings. The number of pyridine rings is 1. The number of ether oxygens (including phenoxy) is 1. The molecule has 0 unspecified atom stereocenters. The predicted octanol–water partition coefficient (Wildman–Crippen LogP) is 0.561. The van der Waals surface area contributed by atoms with E-state index in [2.05, 4.69) is 10.3 Å². The molecule has 2 saturated heterocycles. The van der Waals surface area contributed by atoms with Crippen LogP contribution < -0.4 is 5.32 Å². The summed E-state index contributed by atoms with van der Waals surface area (Å²) in [5.41, 5.74) is 0.966. The number of rotatable bonds is 4. The van der Waals surface area contributed by atoms with Crippen LogP contribution in [0.3, 0.4) is 0 Å². The van der Waals surface area contributed by atoms with Gasteiger partial charge in [-0.2, -0.15) is 0 Å². The third-order valence-corrected chi connectivity index (χ3v) is 4.56. The first kappa shape index (κ1) is 14.3. The molecule has 2 aliphatic heterocycles. The fraction of sp³-hybridized carbons (Fsp3) is 0.500. The van der Waals surface area contributed by atoms with Gasteiger partial charge in [-0.15, -0.1) is 11.8 Å². The van der Waals surface area contributed by atoms with Gasteiger partial charge in [0, 0.05) is 24.6 Å². The molecule has 0 bridgehead atoms. The van der Waals surface area contributed by atoms with E-state index in [1.807, 2.05) is 12.1 Å². The quantitative estimate of drug-likeness (QED) is 0.880. The molecule has 7 heteroatoms. The molecule has 2 aliphatic rings. The van der Waals surface area contributed by atoms with Gasteiger partial charge in [0.25, 0.3) is 0 Å². The first-order valence-corrected chi connectivity index (χ1v) is 8.06. The minimum Gasteiger partial charge on any atom is -0.371 e. The van der Waals surface area contributed by atoms with Crippen molar-refractivity contribution in [3.8, 4) is 0 Å². The van der Waals surface area contributed by atoms with Crippen LogP contribution in [0.4, 0.5) is 0 Å². The van der Waals surface area contributed by atoms with E-state index < -0.39 is 0 Å². The molecule has 3 heterocycles. The van der Waals surface area contributed by atoms with Crippen molar-refractivity contribution in [3.63, 3.8) is 0 Å². The number of carbonyl (C=O) groups is 2. The average Bonchev–Trinajstić information content (AvgIpc) is 3.10. The zero-order valence-electron chi connectivity index (χ0n) is 11.5. The summed E-state index contributed by atoms with van der Waals surface area (Å²) < 4.78 is 5.70. The fourth-order valence-electron chi connectivity index (χ4n) is 2.58. The van der Waals surface area contributed by atoms with E-state index in [0.717, 1.165) is 12.0 Å². The summed E-state index contributed by atoms with van der Waals surface area (Å²) in [4.78, 5) is 29.3. The van der Waals surface area contributed by atoms with E-state index in [1.165, 1.54) is 11.8 Å². The van der Waals surface area contributed by atoms with Gasteiger partial charge < -0.3 is 15.0 Å². The van der Waals surface area contributed by atoms with Crippen LogP contribution in [-0.4, -0.2) is 52.5 Å². The van der Waals surface area contributed by atoms with E-state index in [0.29, 0.717) is 18.2 Å². The van der Waals surface area contributed by atoms with Gasteiger partial charge in [0.05, 0.1) is 17.7 Å². The summed E-state index contributed by atoms with van der Waals surface area (Å²) in [6.07, 6.45) is 4.08. The maximum absolute atomic E-state index is 12.1. The number of hydrogen-bond donors (Lipinski definition) is 1. The van der Waals surface area contributed by atoms with Gasteiger partial charge in [-0.3, -0.25) is 14.6 Å². The molecule has 0 spiro atoms. The monoisotopic (exact) mass is 307 g/mol. The zero-order chi connectivity index (χ0) is 14.7. The molecule has 2 atom stereocenters. The van der Waals surface area contributed by atoms with E-state index in [9.17, 15) is 9.59 Å². The van der Waals surface area contributed by atoms with Gasteiger partial charge in [0.15, 0.2) is 0 Å². The Morgan fingerprint density at radius 3 is 3.19 bits per heavy atom. The topological polar surface area (TPSA) is 71.5 Å². The Balaban J connectivity index is 1.58. The van der Waals surface area contributed by atoms with Crippen molar-refractivity contribution >= 4 is 23.6 Å². The van der Waals surface area contributed by atoms with E-state index in [-0.39, 0.29) is 30.5 Å². The Labute approximate surface area is 127 Å². The van der Waals surface area contributed by atoms with Crippen LogP contribution in [0.1, 0.15) is 18.1 Å². The van der Waals surface area contributed by atoms with Crippen LogP contribution in [0.25, 0.3) is 0 Å². The zero-order valence-corrected chi connectivity index (χ0v) is 12.3. The van der Waals surface area contributed by atoms with E-state index in [1.54, 1.807) is 17.3 Å². The highest BCUT2D eigenvalue weighted by atomic mass is 32.2. The largest absolute Gasteiger partial charge is 0.371 e. The Morgan fingerprint density at radius 2 is 2.48 bits per heavy atom. The lowest BCUT2D eigenvalue weighted by molar-refractivity contribution is -0.132. The number of nitrogens with zero attached hydrogens (tertiary/aromatic N) is 2. The lowest BCUT2D eigenvalue weighted by Crippen LogP contribution is -2.43. The van der Waals surface area contributed by atoms with Gasteiger partial charge in [0.1, 0.15) is 12.6 Å². The van der Waals surface area contributed by atoms with Crippen molar-refractivity contribution in [1.29, 1.82) is 0 Å². The molecular formula is C14H17N3O3S. The highest BCUT2D eigenvalue weighted by Gasteiger charge is 2.32. The van der Waals surface area contributed by atoms with Crippen molar-refractivity contribution < 1.29 is 14.3 Å². The molecule has 112 valence electrons. The second-order valence-corrected chi connectivity index (χ2v) is 6.06. The molecule has 6 nitrogen and oxygen atoms in total. The van der Waals surface area contributed by atoms with Crippen molar-refractivity contribution in [2.45, 2.75) is 18.6 Å². The predicted molar refractivity (Wildman–Crippen MR) is 78.5 cm³/mol. The summed E-state index contributed by atoms with van der Waals surface area (Å²) >= 11 is 1.54. The highest BCUT2D eigenvalue weighted by Crippen LogP contribution is 2.28. The minimum absolute atomic E-state index is 0.0293. The van der Waals surface area contributed by atoms with Crippen LogP contribution in [0, 0.1) is 0 Å². The van der Waals surface area contributed by atoms with Gasteiger partial charge in [0.2, 0.25) is 11.8 Å². The minimum atomic E-state index is -0.161. The first-order chi connectivity index (χ1) is 10.2. The first-order valence-electron chi connectivity index (χ1n) is 6.90. The molecule has 2 amide bonds. The van der Waals surface area contributed by atoms with Crippen molar-refractivity contribution in [2.75, 3.05) is 24.8 Å². The van der Waals surface area contributed by atoms with Gasteiger partial charge >= 0.3 is 0 Å². The number of aromatic nitrogens is 1. The lowest BCUT2D eigenvalue weighted by atomic mass is 10.0. The van der Waals surface area contributed by atoms with Crippen LogP contribution in [0.5, 0.6) is 0 Å². The Hall–Kier alpha value is -1.60. The number of carbonyl (C=O) groups excluding carboxylic acids is 2. The standard InChI is InChI=1S/C14H17N3O3S/c18-12(7-17-9-21-8-13(17)19)16-11-3-5-20-14(11)10-2-1-4-15-6-10/h1-2,4,6,11,14H,3,5,7-9H2,(H,16,18)/t11-,14+/m0/s1. The summed E-state index contributed by atoms with van der Waals surface area (Å²) in [5, 5.41) is 2.98.